The number of unbranched alkanes of at least 4 members (excludes halogenated alkanes) is 24. The summed E-state index contributed by atoms with van der Waals surface area (Å²) in [5.41, 5.74) is 0. The van der Waals surface area contributed by atoms with Crippen LogP contribution in [0.15, 0.2) is 0 Å². The number of aliphatic hydroxyl groups is 3. The highest BCUT2D eigenvalue weighted by molar-refractivity contribution is 5.71. The average molecular weight is 601 g/mol. The first-order valence-electron chi connectivity index (χ1n) is 17.8. The van der Waals surface area contributed by atoms with Crippen LogP contribution in [0.1, 0.15) is 194 Å². The monoisotopic (exact) mass is 600 g/mol. The fraction of sp³-hybridized carbons (Fsp3) is 0.943. The Bertz CT molecular complexity index is 566. The van der Waals surface area contributed by atoms with Gasteiger partial charge in [-0.3, -0.25) is 9.59 Å². The molecule has 0 rings (SSSR count). The highest BCUT2D eigenvalue weighted by atomic mass is 16.8. The molecule has 0 saturated heterocycles. The molecule has 0 aromatic rings. The molecule has 0 fully saturated rings. The lowest BCUT2D eigenvalue weighted by Gasteiger charge is -2.30. The number of carbonyl (C=O) groups is 2. The molecule has 250 valence electrons. The molecule has 1 atom stereocenters. The number of hydrogen-bond acceptors (Lipinski definition) is 7. The Hall–Kier alpha value is -1.18. The van der Waals surface area contributed by atoms with Crippen LogP contribution < -0.4 is 0 Å². The second-order valence-electron chi connectivity index (χ2n) is 12.3. The molecular weight excluding hydrogens is 532 g/mol. The van der Waals surface area contributed by atoms with Gasteiger partial charge in [0.05, 0.1) is 6.61 Å². The van der Waals surface area contributed by atoms with Gasteiger partial charge in [0.25, 0.3) is 0 Å². The van der Waals surface area contributed by atoms with Crippen LogP contribution in [0.2, 0.25) is 0 Å². The van der Waals surface area contributed by atoms with E-state index in [4.69, 9.17) is 9.47 Å². The summed E-state index contributed by atoms with van der Waals surface area (Å²) < 4.78 is 9.90. The first kappa shape index (κ1) is 40.8. The maximum atomic E-state index is 12.3. The highest BCUT2D eigenvalue weighted by Crippen LogP contribution is 2.20. The Morgan fingerprint density at radius 1 is 0.500 bits per heavy atom. The summed E-state index contributed by atoms with van der Waals surface area (Å²) in [4.78, 5) is 24.6. The van der Waals surface area contributed by atoms with Crippen molar-refractivity contribution in [2.75, 3.05) is 6.61 Å². The normalized spacial score (nSPS) is 12.4. The van der Waals surface area contributed by atoms with E-state index in [0.717, 1.165) is 38.5 Å². The molecule has 7 nitrogen and oxygen atoms in total. The van der Waals surface area contributed by atoms with E-state index >= 15 is 0 Å². The van der Waals surface area contributed by atoms with Gasteiger partial charge in [0.2, 0.25) is 0 Å². The molecule has 0 heterocycles. The van der Waals surface area contributed by atoms with Gasteiger partial charge < -0.3 is 24.8 Å². The van der Waals surface area contributed by atoms with Gasteiger partial charge in [-0.15, -0.1) is 0 Å². The van der Waals surface area contributed by atoms with Crippen LogP contribution in [0.3, 0.4) is 0 Å². The van der Waals surface area contributed by atoms with E-state index in [9.17, 15) is 24.9 Å². The van der Waals surface area contributed by atoms with Gasteiger partial charge in [0.1, 0.15) is 0 Å². The van der Waals surface area contributed by atoms with Crippen LogP contribution in [0, 0.1) is 0 Å². The van der Waals surface area contributed by atoms with Gasteiger partial charge in [-0.25, -0.2) is 0 Å². The van der Waals surface area contributed by atoms with Crippen molar-refractivity contribution in [1.82, 2.24) is 0 Å². The van der Waals surface area contributed by atoms with Crippen LogP contribution in [-0.2, 0) is 19.1 Å². The zero-order chi connectivity index (χ0) is 31.2. The van der Waals surface area contributed by atoms with Gasteiger partial charge in [-0.2, -0.15) is 0 Å². The van der Waals surface area contributed by atoms with E-state index in [-0.39, 0.29) is 12.8 Å². The largest absolute Gasteiger partial charge is 0.403 e. The standard InChI is InChI=1S/C35H68O7/c1-3-5-7-9-11-13-15-17-19-21-23-25-27-29-33(38)41-35(40,32(37)31-36)42-34(39)30-28-26-24-22-20-18-16-14-12-10-8-6-4-2/h32,36-37,40H,3-31H2,1-2H3. The van der Waals surface area contributed by atoms with E-state index < -0.39 is 30.6 Å². The minimum Gasteiger partial charge on any atom is -0.396 e. The summed E-state index contributed by atoms with van der Waals surface area (Å²) in [6.45, 7) is 3.57. The molecule has 0 saturated carbocycles. The van der Waals surface area contributed by atoms with Crippen LogP contribution >= 0.6 is 0 Å². The Balaban J connectivity index is 3.94. The minimum absolute atomic E-state index is 0.0502. The Labute approximate surface area is 258 Å². The Morgan fingerprint density at radius 3 is 0.976 bits per heavy atom. The van der Waals surface area contributed by atoms with E-state index in [1.54, 1.807) is 0 Å². The highest BCUT2D eigenvalue weighted by Gasteiger charge is 2.44. The van der Waals surface area contributed by atoms with Crippen molar-refractivity contribution in [2.45, 2.75) is 206 Å². The van der Waals surface area contributed by atoms with Gasteiger partial charge in [0.15, 0.2) is 6.10 Å². The number of hydrogen-bond donors (Lipinski definition) is 3. The molecule has 0 spiro atoms. The summed E-state index contributed by atoms with van der Waals surface area (Å²) in [6, 6.07) is 0. The van der Waals surface area contributed by atoms with Crippen molar-refractivity contribution < 1.29 is 34.4 Å². The molecule has 0 aliphatic heterocycles. The third-order valence-corrected chi connectivity index (χ3v) is 8.08. The third-order valence-electron chi connectivity index (χ3n) is 8.08. The Morgan fingerprint density at radius 2 is 0.738 bits per heavy atom. The first-order valence-corrected chi connectivity index (χ1v) is 17.8. The van der Waals surface area contributed by atoms with Crippen LogP contribution in [0.5, 0.6) is 0 Å². The smallest absolute Gasteiger partial charge is 0.396 e. The fourth-order valence-corrected chi connectivity index (χ4v) is 5.27. The number of rotatable bonds is 32. The topological polar surface area (TPSA) is 113 Å². The van der Waals surface area contributed by atoms with E-state index in [2.05, 4.69) is 13.8 Å². The quantitative estimate of drug-likeness (QED) is 0.0401. The lowest BCUT2D eigenvalue weighted by atomic mass is 10.0. The molecule has 1 unspecified atom stereocenters. The molecule has 0 aromatic carbocycles. The van der Waals surface area contributed by atoms with Crippen molar-refractivity contribution in [1.29, 1.82) is 0 Å². The Kier molecular flexibility index (Phi) is 29.0. The molecule has 0 amide bonds. The lowest BCUT2D eigenvalue weighted by molar-refractivity contribution is -0.364. The molecular formula is C35H68O7. The lowest BCUT2D eigenvalue weighted by Crippen LogP contribution is -2.51. The summed E-state index contributed by atoms with van der Waals surface area (Å²) >= 11 is 0. The number of ether oxygens (including phenoxy) is 2. The first-order chi connectivity index (χ1) is 20.4. The summed E-state index contributed by atoms with van der Waals surface area (Å²) in [6.07, 6.45) is 28.9. The van der Waals surface area contributed by atoms with Gasteiger partial charge in [0, 0.05) is 12.8 Å². The van der Waals surface area contributed by atoms with E-state index in [1.807, 2.05) is 0 Å². The molecule has 0 radical (unpaired) electrons. The molecule has 0 aliphatic carbocycles. The SMILES string of the molecule is CCCCCCCCCCCCCCCC(=O)OC(O)(OC(=O)CCCCCCCCCCCCCCC)C(O)CO. The van der Waals surface area contributed by atoms with Crippen molar-refractivity contribution >= 4 is 11.9 Å². The maximum Gasteiger partial charge on any atom is 0.403 e. The van der Waals surface area contributed by atoms with Crippen LogP contribution in [-0.4, -0.2) is 45.9 Å². The van der Waals surface area contributed by atoms with Crippen LogP contribution in [0.25, 0.3) is 0 Å². The van der Waals surface area contributed by atoms with Crippen molar-refractivity contribution in [3.8, 4) is 0 Å². The van der Waals surface area contributed by atoms with Gasteiger partial charge in [-0.1, -0.05) is 168 Å². The summed E-state index contributed by atoms with van der Waals surface area (Å²) in [5.74, 6) is -4.39. The molecule has 3 N–H and O–H groups in total. The van der Waals surface area contributed by atoms with E-state index in [0.29, 0.717) is 12.8 Å². The maximum absolute atomic E-state index is 12.3. The average Bonchev–Trinajstić information content (AvgIpc) is 2.97. The minimum atomic E-state index is -2.87. The zero-order valence-electron chi connectivity index (χ0n) is 27.6. The van der Waals surface area contributed by atoms with Crippen molar-refractivity contribution in [3.05, 3.63) is 0 Å². The predicted octanol–water partition coefficient (Wildman–Crippen LogP) is 9.03. The molecule has 0 aliphatic rings. The van der Waals surface area contributed by atoms with Crippen molar-refractivity contribution in [3.63, 3.8) is 0 Å². The number of aliphatic hydroxyl groups excluding tert-OH is 2. The van der Waals surface area contributed by atoms with Crippen molar-refractivity contribution in [2.24, 2.45) is 0 Å². The van der Waals surface area contributed by atoms with Crippen LogP contribution in [0.4, 0.5) is 0 Å². The molecule has 7 heteroatoms. The third kappa shape index (κ3) is 25.3. The van der Waals surface area contributed by atoms with Gasteiger partial charge in [-0.05, 0) is 12.8 Å². The number of carbonyl (C=O) groups excluding carboxylic acids is 2. The molecule has 0 aromatic heterocycles. The summed E-state index contributed by atoms with van der Waals surface area (Å²) in [7, 11) is 0. The second kappa shape index (κ2) is 29.9. The molecule has 42 heavy (non-hydrogen) atoms. The molecule has 0 bridgehead atoms. The predicted molar refractivity (Wildman–Crippen MR) is 171 cm³/mol. The summed E-state index contributed by atoms with van der Waals surface area (Å²) in [5, 5.41) is 29.8. The zero-order valence-corrected chi connectivity index (χ0v) is 27.6. The number of esters is 2. The van der Waals surface area contributed by atoms with Gasteiger partial charge >= 0.3 is 17.9 Å². The van der Waals surface area contributed by atoms with E-state index in [1.165, 1.54) is 116 Å². The fourth-order valence-electron chi connectivity index (χ4n) is 5.27. The second-order valence-corrected chi connectivity index (χ2v) is 12.3.